The van der Waals surface area contributed by atoms with Crippen LogP contribution in [0.2, 0.25) is 0 Å². The monoisotopic (exact) mass is 401 g/mol. The second-order valence-electron chi connectivity index (χ2n) is 6.85. The summed E-state index contributed by atoms with van der Waals surface area (Å²) in [7, 11) is 0. The van der Waals surface area contributed by atoms with Gasteiger partial charge in [-0.2, -0.15) is 0 Å². The Balaban J connectivity index is 0.00000280. The summed E-state index contributed by atoms with van der Waals surface area (Å²) < 4.78 is 11.3. The third-order valence-corrected chi connectivity index (χ3v) is 5.01. The summed E-state index contributed by atoms with van der Waals surface area (Å²) in [5.74, 6) is 0.736. The Kier molecular flexibility index (Phi) is 8.09. The van der Waals surface area contributed by atoms with Crippen molar-refractivity contribution in [3.05, 3.63) is 75.6 Å². The van der Waals surface area contributed by atoms with Crippen LogP contribution in [-0.2, 0) is 6.54 Å². The Morgan fingerprint density at radius 2 is 1.79 bits per heavy atom. The molecule has 150 valence electrons. The van der Waals surface area contributed by atoms with Gasteiger partial charge in [-0.3, -0.25) is 4.90 Å². The SMILES string of the molecule is CCN(CCCOc1ccc2c(C)c(C)c(=O)oc2c1)Cc1ccccc1.Cl. The van der Waals surface area contributed by atoms with E-state index in [1.807, 2.05) is 31.2 Å². The van der Waals surface area contributed by atoms with Crippen molar-refractivity contribution in [3.63, 3.8) is 0 Å². The zero-order chi connectivity index (χ0) is 19.2. The lowest BCUT2D eigenvalue weighted by atomic mass is 10.1. The van der Waals surface area contributed by atoms with Crippen LogP contribution in [0, 0.1) is 13.8 Å². The Morgan fingerprint density at radius 1 is 1.04 bits per heavy atom. The first kappa shape index (κ1) is 22.0. The molecular formula is C23H28ClNO3. The highest BCUT2D eigenvalue weighted by atomic mass is 35.5. The highest BCUT2D eigenvalue weighted by Gasteiger charge is 2.09. The van der Waals surface area contributed by atoms with Crippen LogP contribution >= 0.6 is 12.4 Å². The number of hydrogen-bond acceptors (Lipinski definition) is 4. The highest BCUT2D eigenvalue weighted by Crippen LogP contribution is 2.24. The summed E-state index contributed by atoms with van der Waals surface area (Å²) in [6.45, 7) is 9.49. The van der Waals surface area contributed by atoms with Gasteiger partial charge in [0.25, 0.3) is 0 Å². The molecule has 0 aliphatic carbocycles. The molecule has 0 spiro atoms. The highest BCUT2D eigenvalue weighted by molar-refractivity contribution is 5.85. The quantitative estimate of drug-likeness (QED) is 0.388. The largest absolute Gasteiger partial charge is 0.493 e. The van der Waals surface area contributed by atoms with Crippen molar-refractivity contribution in [2.45, 2.75) is 33.7 Å². The second-order valence-corrected chi connectivity index (χ2v) is 6.85. The molecule has 4 nitrogen and oxygen atoms in total. The van der Waals surface area contributed by atoms with Crippen molar-refractivity contribution >= 4 is 23.4 Å². The number of nitrogens with zero attached hydrogens (tertiary/aromatic N) is 1. The molecule has 0 radical (unpaired) electrons. The normalized spacial score (nSPS) is 10.9. The molecule has 0 saturated heterocycles. The summed E-state index contributed by atoms with van der Waals surface area (Å²) in [6.07, 6.45) is 0.940. The predicted octanol–water partition coefficient (Wildman–Crippen LogP) is 5.12. The molecule has 5 heteroatoms. The molecule has 0 aliphatic heterocycles. The van der Waals surface area contributed by atoms with Crippen LogP contribution in [0.25, 0.3) is 11.0 Å². The van der Waals surface area contributed by atoms with E-state index in [2.05, 4.69) is 36.1 Å². The van der Waals surface area contributed by atoms with E-state index in [1.54, 1.807) is 6.92 Å². The Labute approximate surface area is 172 Å². The molecule has 0 aliphatic rings. The van der Waals surface area contributed by atoms with Crippen LogP contribution < -0.4 is 10.4 Å². The first-order chi connectivity index (χ1) is 13.1. The molecule has 2 aromatic carbocycles. The van der Waals surface area contributed by atoms with Gasteiger partial charge >= 0.3 is 5.63 Å². The predicted molar refractivity (Wildman–Crippen MR) is 117 cm³/mol. The van der Waals surface area contributed by atoms with E-state index in [1.165, 1.54) is 5.56 Å². The van der Waals surface area contributed by atoms with Crippen molar-refractivity contribution in [1.29, 1.82) is 0 Å². The number of benzene rings is 2. The van der Waals surface area contributed by atoms with E-state index in [-0.39, 0.29) is 18.0 Å². The van der Waals surface area contributed by atoms with Gasteiger partial charge < -0.3 is 9.15 Å². The number of hydrogen-bond donors (Lipinski definition) is 0. The topological polar surface area (TPSA) is 42.7 Å². The van der Waals surface area contributed by atoms with Gasteiger partial charge in [-0.1, -0.05) is 37.3 Å². The molecule has 28 heavy (non-hydrogen) atoms. The molecular weight excluding hydrogens is 374 g/mol. The minimum Gasteiger partial charge on any atom is -0.493 e. The fourth-order valence-electron chi connectivity index (χ4n) is 3.19. The molecule has 0 N–H and O–H groups in total. The van der Waals surface area contributed by atoms with Gasteiger partial charge in [0, 0.05) is 30.1 Å². The lowest BCUT2D eigenvalue weighted by Gasteiger charge is -2.20. The fraction of sp³-hybridized carbons (Fsp3) is 0.348. The maximum Gasteiger partial charge on any atom is 0.339 e. The third kappa shape index (κ3) is 5.37. The molecule has 0 bridgehead atoms. The van der Waals surface area contributed by atoms with E-state index in [0.29, 0.717) is 17.8 Å². The second kappa shape index (κ2) is 10.3. The van der Waals surface area contributed by atoms with E-state index in [9.17, 15) is 4.79 Å². The van der Waals surface area contributed by atoms with Crippen LogP contribution in [0.15, 0.2) is 57.7 Å². The Morgan fingerprint density at radius 3 is 2.50 bits per heavy atom. The van der Waals surface area contributed by atoms with Crippen LogP contribution in [0.4, 0.5) is 0 Å². The lowest BCUT2D eigenvalue weighted by Crippen LogP contribution is -2.25. The Bertz CT molecular complexity index is 953. The Hall–Kier alpha value is -2.30. The van der Waals surface area contributed by atoms with Gasteiger partial charge in [0.2, 0.25) is 0 Å². The average molecular weight is 402 g/mol. The number of rotatable bonds is 8. The lowest BCUT2D eigenvalue weighted by molar-refractivity contribution is 0.236. The van der Waals surface area contributed by atoms with Crippen molar-refractivity contribution in [3.8, 4) is 5.75 Å². The average Bonchev–Trinajstić information content (AvgIpc) is 2.69. The van der Waals surface area contributed by atoms with E-state index < -0.39 is 0 Å². The smallest absolute Gasteiger partial charge is 0.339 e. The first-order valence-electron chi connectivity index (χ1n) is 9.51. The van der Waals surface area contributed by atoms with Crippen molar-refractivity contribution in [1.82, 2.24) is 4.90 Å². The molecule has 1 heterocycles. The standard InChI is InChI=1S/C23H27NO3.ClH/c1-4-24(16-19-9-6-5-7-10-19)13-8-14-26-20-11-12-21-17(2)18(3)23(25)27-22(21)15-20;/h5-7,9-12,15H,4,8,13-14,16H2,1-3H3;1H. The van der Waals surface area contributed by atoms with E-state index in [4.69, 9.17) is 9.15 Å². The van der Waals surface area contributed by atoms with Gasteiger partial charge in [-0.15, -0.1) is 12.4 Å². The zero-order valence-corrected chi connectivity index (χ0v) is 17.6. The van der Waals surface area contributed by atoms with Gasteiger partial charge in [0.15, 0.2) is 0 Å². The molecule has 0 unspecified atom stereocenters. The minimum atomic E-state index is -0.281. The minimum absolute atomic E-state index is 0. The first-order valence-corrected chi connectivity index (χ1v) is 9.51. The summed E-state index contributed by atoms with van der Waals surface area (Å²) in [4.78, 5) is 14.3. The molecule has 1 aromatic heterocycles. The van der Waals surface area contributed by atoms with Crippen LogP contribution in [0.3, 0.4) is 0 Å². The molecule has 0 saturated carbocycles. The summed E-state index contributed by atoms with van der Waals surface area (Å²) >= 11 is 0. The van der Waals surface area contributed by atoms with E-state index >= 15 is 0 Å². The van der Waals surface area contributed by atoms with E-state index in [0.717, 1.165) is 42.8 Å². The number of ether oxygens (including phenoxy) is 1. The number of fused-ring (bicyclic) bond motifs is 1. The molecule has 0 amide bonds. The molecule has 0 atom stereocenters. The van der Waals surface area contributed by atoms with Gasteiger partial charge in [0.05, 0.1) is 6.61 Å². The van der Waals surface area contributed by atoms with Gasteiger partial charge in [-0.25, -0.2) is 4.79 Å². The van der Waals surface area contributed by atoms with Crippen LogP contribution in [-0.4, -0.2) is 24.6 Å². The van der Waals surface area contributed by atoms with Gasteiger partial charge in [0.1, 0.15) is 11.3 Å². The maximum atomic E-state index is 11.9. The summed E-state index contributed by atoms with van der Waals surface area (Å²) in [6, 6.07) is 16.2. The molecule has 0 fully saturated rings. The van der Waals surface area contributed by atoms with Crippen LogP contribution in [0.5, 0.6) is 5.75 Å². The summed E-state index contributed by atoms with van der Waals surface area (Å²) in [5.41, 5.74) is 3.26. The van der Waals surface area contributed by atoms with Gasteiger partial charge in [-0.05, 0) is 50.1 Å². The van der Waals surface area contributed by atoms with Crippen LogP contribution in [0.1, 0.15) is 30.0 Å². The zero-order valence-electron chi connectivity index (χ0n) is 16.7. The van der Waals surface area contributed by atoms with Crippen molar-refractivity contribution < 1.29 is 9.15 Å². The van der Waals surface area contributed by atoms with Crippen molar-refractivity contribution in [2.75, 3.05) is 19.7 Å². The fourth-order valence-corrected chi connectivity index (χ4v) is 3.19. The molecule has 3 aromatic rings. The summed E-state index contributed by atoms with van der Waals surface area (Å²) in [5, 5.41) is 0.958. The number of halogens is 1. The van der Waals surface area contributed by atoms with Crippen molar-refractivity contribution in [2.24, 2.45) is 0 Å². The third-order valence-electron chi connectivity index (χ3n) is 5.01. The molecule has 3 rings (SSSR count). The maximum absolute atomic E-state index is 11.9. The number of aryl methyl sites for hydroxylation is 1.